The van der Waals surface area contributed by atoms with Crippen LogP contribution in [0.3, 0.4) is 0 Å². The highest BCUT2D eigenvalue weighted by Gasteiger charge is 2.34. The number of aliphatic carboxylic acids is 2. The predicted molar refractivity (Wildman–Crippen MR) is 94.7 cm³/mol. The molecule has 0 bridgehead atoms. The number of hydrogen-bond donors (Lipinski definition) is 5. The molecule has 2 atom stereocenters. The maximum Gasteiger partial charge on any atom is 0.351 e. The number of carbonyl (C=O) groups excluding carboxylic acids is 1. The SMILES string of the molecule is CO/N=C(\C(=O)N[C@@H](C(=O)O)[C@H]1NC(C(=O)O)=CCS1)c1csc(N)n1. The summed E-state index contributed by atoms with van der Waals surface area (Å²) in [6.07, 6.45) is 1.42. The summed E-state index contributed by atoms with van der Waals surface area (Å²) in [6, 6.07) is -1.42. The zero-order valence-electron chi connectivity index (χ0n) is 13.3. The van der Waals surface area contributed by atoms with Gasteiger partial charge in [-0.25, -0.2) is 14.6 Å². The lowest BCUT2D eigenvalue weighted by atomic mass is 10.2. The number of thioether (sulfide) groups is 1. The van der Waals surface area contributed by atoms with Gasteiger partial charge >= 0.3 is 11.9 Å². The highest BCUT2D eigenvalue weighted by molar-refractivity contribution is 8.00. The van der Waals surface area contributed by atoms with Crippen LogP contribution >= 0.6 is 23.1 Å². The summed E-state index contributed by atoms with van der Waals surface area (Å²) in [5.41, 5.74) is 5.28. The maximum absolute atomic E-state index is 12.5. The van der Waals surface area contributed by atoms with Crippen molar-refractivity contribution in [3.05, 3.63) is 22.8 Å². The minimum Gasteiger partial charge on any atom is -0.480 e. The van der Waals surface area contributed by atoms with E-state index in [4.69, 9.17) is 10.8 Å². The second-order valence-electron chi connectivity index (χ2n) is 4.80. The molecule has 1 aromatic rings. The van der Waals surface area contributed by atoms with E-state index in [0.29, 0.717) is 0 Å². The maximum atomic E-state index is 12.5. The molecule has 6 N–H and O–H groups in total. The first-order valence-corrected chi connectivity index (χ1v) is 8.94. The molecule has 2 heterocycles. The van der Waals surface area contributed by atoms with Crippen molar-refractivity contribution in [3.63, 3.8) is 0 Å². The van der Waals surface area contributed by atoms with Gasteiger partial charge in [0.25, 0.3) is 5.91 Å². The number of nitrogen functional groups attached to an aromatic ring is 1. The van der Waals surface area contributed by atoms with E-state index < -0.39 is 29.3 Å². The van der Waals surface area contributed by atoms with E-state index in [1.165, 1.54) is 18.6 Å². The molecule has 1 aliphatic rings. The van der Waals surface area contributed by atoms with Crippen molar-refractivity contribution in [1.82, 2.24) is 15.6 Å². The highest BCUT2D eigenvalue weighted by atomic mass is 32.2. The van der Waals surface area contributed by atoms with Crippen molar-refractivity contribution in [2.45, 2.75) is 11.4 Å². The highest BCUT2D eigenvalue weighted by Crippen LogP contribution is 2.20. The third-order valence-corrected chi connectivity index (χ3v) is 4.89. The standard InChI is InChI=1S/C13H15N5O6S2/c1-24-18-7(6-4-26-13(14)16-6)9(19)17-8(12(22)23)10-15-5(11(20)21)2-3-25-10/h2,4,8,10,15H,3H2,1H3,(H2,14,16)(H,17,19)(H,20,21)(H,22,23)/b18-7-/t8-,10+/m1/s1. The van der Waals surface area contributed by atoms with Crippen molar-refractivity contribution in [2.75, 3.05) is 18.6 Å². The Labute approximate surface area is 155 Å². The third kappa shape index (κ3) is 4.64. The molecule has 0 unspecified atom stereocenters. The zero-order valence-corrected chi connectivity index (χ0v) is 15.0. The van der Waals surface area contributed by atoms with Gasteiger partial charge < -0.3 is 31.4 Å². The van der Waals surface area contributed by atoms with Gasteiger partial charge in [-0.2, -0.15) is 0 Å². The first-order valence-electron chi connectivity index (χ1n) is 7.01. The lowest BCUT2D eigenvalue weighted by Crippen LogP contribution is -2.55. The fourth-order valence-corrected chi connectivity index (χ4v) is 3.59. The second-order valence-corrected chi connectivity index (χ2v) is 6.87. The number of hydrogen-bond acceptors (Lipinski definition) is 10. The largest absolute Gasteiger partial charge is 0.480 e. The molecule has 2 rings (SSSR count). The number of carbonyl (C=O) groups is 3. The van der Waals surface area contributed by atoms with E-state index in [-0.39, 0.29) is 28.0 Å². The van der Waals surface area contributed by atoms with Crippen molar-refractivity contribution >= 4 is 51.8 Å². The van der Waals surface area contributed by atoms with Gasteiger partial charge in [-0.05, 0) is 6.08 Å². The molecular formula is C13H15N5O6S2. The lowest BCUT2D eigenvalue weighted by Gasteiger charge is -2.28. The van der Waals surface area contributed by atoms with E-state index in [2.05, 4.69) is 25.6 Å². The molecular weight excluding hydrogens is 386 g/mol. The Bertz CT molecular complexity index is 777. The van der Waals surface area contributed by atoms with Crippen LogP contribution in [-0.2, 0) is 19.2 Å². The van der Waals surface area contributed by atoms with Crippen LogP contribution in [-0.4, -0.2) is 63.0 Å². The van der Waals surface area contributed by atoms with Crippen molar-refractivity contribution < 1.29 is 29.4 Å². The molecule has 0 saturated carbocycles. The smallest absolute Gasteiger partial charge is 0.351 e. The summed E-state index contributed by atoms with van der Waals surface area (Å²) in [5.74, 6) is -3.13. The van der Waals surface area contributed by atoms with E-state index in [9.17, 15) is 19.5 Å². The van der Waals surface area contributed by atoms with Gasteiger partial charge in [0.2, 0.25) is 0 Å². The van der Waals surface area contributed by atoms with Gasteiger partial charge in [-0.1, -0.05) is 5.16 Å². The molecule has 1 aromatic heterocycles. The molecule has 0 saturated heterocycles. The van der Waals surface area contributed by atoms with Gasteiger partial charge in [0, 0.05) is 11.1 Å². The number of thiazole rings is 1. The Balaban J connectivity index is 2.19. The van der Waals surface area contributed by atoms with Gasteiger partial charge in [-0.3, -0.25) is 4.79 Å². The van der Waals surface area contributed by atoms with Crippen molar-refractivity contribution in [3.8, 4) is 0 Å². The number of oxime groups is 1. The number of carboxylic acid groups (broad SMARTS) is 2. The number of carboxylic acids is 2. The van der Waals surface area contributed by atoms with Gasteiger partial charge in [0.1, 0.15) is 23.9 Å². The molecule has 0 radical (unpaired) electrons. The normalized spacial score (nSPS) is 18.3. The van der Waals surface area contributed by atoms with Crippen LogP contribution in [0.2, 0.25) is 0 Å². The second kappa shape index (κ2) is 8.53. The summed E-state index contributed by atoms with van der Waals surface area (Å²) in [7, 11) is 1.22. The summed E-state index contributed by atoms with van der Waals surface area (Å²) < 4.78 is 0. The average molecular weight is 401 g/mol. The molecule has 1 amide bonds. The number of aromatic nitrogens is 1. The van der Waals surface area contributed by atoms with Crippen molar-refractivity contribution in [1.29, 1.82) is 0 Å². The number of nitrogens with one attached hydrogen (secondary N) is 2. The Morgan fingerprint density at radius 1 is 1.50 bits per heavy atom. The third-order valence-electron chi connectivity index (χ3n) is 3.11. The first-order chi connectivity index (χ1) is 12.3. The number of nitrogens with zero attached hydrogens (tertiary/aromatic N) is 2. The van der Waals surface area contributed by atoms with Crippen LogP contribution in [0.4, 0.5) is 5.13 Å². The fourth-order valence-electron chi connectivity index (χ4n) is 1.99. The monoisotopic (exact) mass is 401 g/mol. The Morgan fingerprint density at radius 3 is 2.77 bits per heavy atom. The van der Waals surface area contributed by atoms with Crippen LogP contribution in [0.15, 0.2) is 22.3 Å². The van der Waals surface area contributed by atoms with Crippen LogP contribution in [0, 0.1) is 0 Å². The predicted octanol–water partition coefficient (Wildman–Crippen LogP) is -0.724. The molecule has 1 aliphatic heterocycles. The Hall–Kier alpha value is -2.80. The van der Waals surface area contributed by atoms with Gasteiger partial charge in [-0.15, -0.1) is 23.1 Å². The van der Waals surface area contributed by atoms with Crippen LogP contribution in [0.25, 0.3) is 0 Å². The molecule has 11 nitrogen and oxygen atoms in total. The van der Waals surface area contributed by atoms with E-state index in [0.717, 1.165) is 23.1 Å². The molecule has 0 spiro atoms. The number of anilines is 1. The Kier molecular flexibility index (Phi) is 6.41. The molecule has 13 heteroatoms. The Morgan fingerprint density at radius 2 is 2.23 bits per heavy atom. The summed E-state index contributed by atoms with van der Waals surface area (Å²) in [5, 5.41) is 27.7. The fraction of sp³-hybridized carbons (Fsp3) is 0.308. The topological polar surface area (TPSA) is 176 Å². The lowest BCUT2D eigenvalue weighted by molar-refractivity contribution is -0.141. The summed E-state index contributed by atoms with van der Waals surface area (Å²) in [4.78, 5) is 43.7. The molecule has 26 heavy (non-hydrogen) atoms. The molecule has 0 aliphatic carbocycles. The van der Waals surface area contributed by atoms with Crippen LogP contribution < -0.4 is 16.4 Å². The van der Waals surface area contributed by atoms with E-state index in [1.807, 2.05) is 0 Å². The number of rotatable bonds is 7. The molecule has 0 fully saturated rings. The van der Waals surface area contributed by atoms with Crippen LogP contribution in [0.5, 0.6) is 0 Å². The van der Waals surface area contributed by atoms with Crippen molar-refractivity contribution in [2.24, 2.45) is 5.16 Å². The first kappa shape index (κ1) is 19.5. The minimum atomic E-state index is -1.42. The van der Waals surface area contributed by atoms with Gasteiger partial charge in [0.15, 0.2) is 16.9 Å². The van der Waals surface area contributed by atoms with Gasteiger partial charge in [0.05, 0.1) is 0 Å². The number of amides is 1. The van der Waals surface area contributed by atoms with E-state index in [1.54, 1.807) is 0 Å². The average Bonchev–Trinajstić information content (AvgIpc) is 3.03. The zero-order chi connectivity index (χ0) is 19.3. The van der Waals surface area contributed by atoms with E-state index >= 15 is 0 Å². The molecule has 140 valence electrons. The quantitative estimate of drug-likeness (QED) is 0.289. The number of nitrogens with two attached hydrogens (primary N) is 1. The summed E-state index contributed by atoms with van der Waals surface area (Å²) in [6.45, 7) is 0. The van der Waals surface area contributed by atoms with Crippen LogP contribution in [0.1, 0.15) is 5.69 Å². The molecule has 0 aromatic carbocycles. The summed E-state index contributed by atoms with van der Waals surface area (Å²) >= 11 is 2.21. The minimum absolute atomic E-state index is 0.131.